The van der Waals surface area contributed by atoms with Crippen LogP contribution in [0.3, 0.4) is 0 Å². The predicted molar refractivity (Wildman–Crippen MR) is 160 cm³/mol. The van der Waals surface area contributed by atoms with Crippen molar-refractivity contribution in [1.82, 2.24) is 15.3 Å². The Bertz CT molecular complexity index is 1420. The molecule has 2 aromatic rings. The molecule has 2 heterocycles. The summed E-state index contributed by atoms with van der Waals surface area (Å²) in [6.45, 7) is 3.73. The largest absolute Gasteiger partial charge is 0.495 e. The monoisotopic (exact) mass is 598 g/mol. The van der Waals surface area contributed by atoms with Crippen LogP contribution >= 0.6 is 23.2 Å². The van der Waals surface area contributed by atoms with Gasteiger partial charge >= 0.3 is 6.03 Å². The number of hydrogen-bond acceptors (Lipinski definition) is 7. The molecule has 1 unspecified atom stereocenters. The van der Waals surface area contributed by atoms with E-state index < -0.39 is 0 Å². The molecule has 5 rings (SSSR count). The van der Waals surface area contributed by atoms with E-state index in [0.29, 0.717) is 34.7 Å². The second kappa shape index (κ2) is 12.0. The number of ether oxygens (including phenoxy) is 2. The maximum absolute atomic E-state index is 13.6. The highest BCUT2D eigenvalue weighted by Gasteiger charge is 2.36. The van der Waals surface area contributed by atoms with Gasteiger partial charge in [0.25, 0.3) is 0 Å². The van der Waals surface area contributed by atoms with Crippen molar-refractivity contribution in [3.63, 3.8) is 0 Å². The van der Waals surface area contributed by atoms with Crippen LogP contribution in [-0.4, -0.2) is 55.3 Å². The van der Waals surface area contributed by atoms with E-state index in [-0.39, 0.29) is 46.3 Å². The number of nitrogens with zero attached hydrogens (tertiary/aromatic N) is 4. The van der Waals surface area contributed by atoms with Crippen LogP contribution in [0.2, 0.25) is 10.0 Å². The van der Waals surface area contributed by atoms with Crippen LogP contribution in [0.4, 0.5) is 22.2 Å². The van der Waals surface area contributed by atoms with Gasteiger partial charge in [0, 0.05) is 37.0 Å². The number of rotatable bonds is 8. The average molecular weight is 600 g/mol. The highest BCUT2D eigenvalue weighted by Crippen LogP contribution is 2.48. The van der Waals surface area contributed by atoms with E-state index in [4.69, 9.17) is 37.7 Å². The van der Waals surface area contributed by atoms with Crippen LogP contribution in [-0.2, 0) is 11.3 Å². The molecular formula is C29H32Cl2N6O4. The van der Waals surface area contributed by atoms with E-state index in [9.17, 15) is 9.59 Å². The number of halogens is 2. The van der Waals surface area contributed by atoms with Gasteiger partial charge in [-0.2, -0.15) is 4.98 Å². The van der Waals surface area contributed by atoms with Crippen molar-refractivity contribution in [3.8, 4) is 11.5 Å². The summed E-state index contributed by atoms with van der Waals surface area (Å²) >= 11 is 13.2. The Labute approximate surface area is 249 Å². The summed E-state index contributed by atoms with van der Waals surface area (Å²) in [7, 11) is 4.58. The summed E-state index contributed by atoms with van der Waals surface area (Å²) in [4.78, 5) is 37.9. The van der Waals surface area contributed by atoms with Crippen molar-refractivity contribution in [1.29, 1.82) is 0 Å². The Hall–Kier alpha value is -3.76. The van der Waals surface area contributed by atoms with Gasteiger partial charge in [-0.15, -0.1) is 0 Å². The lowest BCUT2D eigenvalue weighted by molar-refractivity contribution is -0.117. The number of aromatic nitrogens is 2. The van der Waals surface area contributed by atoms with E-state index in [2.05, 4.69) is 40.4 Å². The zero-order valence-corrected chi connectivity index (χ0v) is 24.6. The first-order valence-corrected chi connectivity index (χ1v) is 14.1. The van der Waals surface area contributed by atoms with Gasteiger partial charge < -0.3 is 20.1 Å². The SMILES string of the molecule is C=CC(=O)N[C@@H]1CCC(C2=CC=CC2)C[C@@H]1Nc1ncc2c(n1)N(C)C(=O)N(c1c(Cl)c(OC)cc(OC)c1Cl)C2. The number of allylic oxidation sites excluding steroid dienone is 4. The lowest BCUT2D eigenvalue weighted by Crippen LogP contribution is -2.50. The van der Waals surface area contributed by atoms with E-state index in [1.165, 1.54) is 35.7 Å². The van der Waals surface area contributed by atoms with Crippen LogP contribution in [0.5, 0.6) is 11.5 Å². The van der Waals surface area contributed by atoms with E-state index in [0.717, 1.165) is 25.7 Å². The van der Waals surface area contributed by atoms with Crippen LogP contribution in [0, 0.1) is 5.92 Å². The van der Waals surface area contributed by atoms with Gasteiger partial charge in [0.05, 0.1) is 26.5 Å². The van der Waals surface area contributed by atoms with Gasteiger partial charge in [-0.3, -0.25) is 14.6 Å². The predicted octanol–water partition coefficient (Wildman–Crippen LogP) is 5.51. The average Bonchev–Trinajstić information content (AvgIpc) is 3.52. The third-order valence-electron chi connectivity index (χ3n) is 7.83. The molecule has 41 heavy (non-hydrogen) atoms. The van der Waals surface area contributed by atoms with Crippen LogP contribution in [0.15, 0.2) is 48.7 Å². The lowest BCUT2D eigenvalue weighted by atomic mass is 9.78. The Kier molecular flexibility index (Phi) is 8.42. The number of fused-ring (bicyclic) bond motifs is 1. The molecule has 0 saturated heterocycles. The summed E-state index contributed by atoms with van der Waals surface area (Å²) in [5.74, 6) is 1.67. The molecular weight excluding hydrogens is 567 g/mol. The summed E-state index contributed by atoms with van der Waals surface area (Å²) < 4.78 is 10.8. The molecule has 0 spiro atoms. The topological polar surface area (TPSA) is 109 Å². The summed E-state index contributed by atoms with van der Waals surface area (Å²) in [5.41, 5.74) is 2.37. The first kappa shape index (κ1) is 28.8. The van der Waals surface area contributed by atoms with Gasteiger partial charge in [-0.05, 0) is 37.7 Å². The molecule has 1 saturated carbocycles. The van der Waals surface area contributed by atoms with Gasteiger partial charge in [-0.25, -0.2) is 9.78 Å². The second-order valence-corrected chi connectivity index (χ2v) is 10.9. The molecule has 1 aromatic heterocycles. The normalized spacial score (nSPS) is 21.7. The number of carbonyl (C=O) groups is 2. The maximum atomic E-state index is 13.6. The molecule has 1 aliphatic heterocycles. The van der Waals surface area contributed by atoms with Gasteiger partial charge in [0.2, 0.25) is 11.9 Å². The molecule has 3 aliphatic rings. The number of carbonyl (C=O) groups excluding carboxylic acids is 2. The number of urea groups is 1. The number of benzene rings is 1. The summed E-state index contributed by atoms with van der Waals surface area (Å²) in [6, 6.07) is 0.964. The van der Waals surface area contributed by atoms with Crippen LogP contribution in [0.1, 0.15) is 31.2 Å². The number of anilines is 3. The maximum Gasteiger partial charge on any atom is 0.330 e. The molecule has 216 valence electrons. The molecule has 1 aromatic carbocycles. The molecule has 3 atom stereocenters. The van der Waals surface area contributed by atoms with Crippen molar-refractivity contribution in [2.45, 2.75) is 44.3 Å². The first-order chi connectivity index (χ1) is 19.7. The minimum Gasteiger partial charge on any atom is -0.495 e. The molecule has 10 nitrogen and oxygen atoms in total. The molecule has 3 amide bonds. The number of amides is 3. The molecule has 2 aliphatic carbocycles. The van der Waals surface area contributed by atoms with Crippen LogP contribution in [0.25, 0.3) is 0 Å². The highest BCUT2D eigenvalue weighted by atomic mass is 35.5. The minimum absolute atomic E-state index is 0.111. The Balaban J connectivity index is 1.42. The summed E-state index contributed by atoms with van der Waals surface area (Å²) in [5, 5.41) is 6.88. The lowest BCUT2D eigenvalue weighted by Gasteiger charge is -2.38. The molecule has 0 radical (unpaired) electrons. The number of hydrogen-bond donors (Lipinski definition) is 2. The molecule has 1 fully saturated rings. The fourth-order valence-corrected chi connectivity index (χ4v) is 6.38. The van der Waals surface area contributed by atoms with E-state index >= 15 is 0 Å². The van der Waals surface area contributed by atoms with E-state index in [1.807, 2.05) is 0 Å². The third kappa shape index (κ3) is 5.58. The Morgan fingerprint density at radius 3 is 2.54 bits per heavy atom. The fourth-order valence-electron chi connectivity index (χ4n) is 5.68. The fraction of sp³-hybridized carbons (Fsp3) is 0.379. The Morgan fingerprint density at radius 1 is 1.17 bits per heavy atom. The number of methoxy groups -OCH3 is 2. The molecule has 2 N–H and O–H groups in total. The van der Waals surface area contributed by atoms with Crippen molar-refractivity contribution < 1.29 is 19.1 Å². The second-order valence-electron chi connectivity index (χ2n) is 10.2. The standard InChI is InChI=1S/C29H32Cl2N6O4/c1-5-23(38)33-19-11-10-17(16-8-6-7-9-16)12-20(19)34-28-32-14-18-15-37(29(39)36(2)27(18)35-28)26-24(30)21(40-3)13-22(41-4)25(26)31/h5-8,13-14,17,19-20H,1,9-12,15H2,2-4H3,(H,33,38)(H,32,34,35)/t17?,19-,20+/m1/s1. The smallest absolute Gasteiger partial charge is 0.330 e. The van der Waals surface area contributed by atoms with Gasteiger partial charge in [-0.1, -0.05) is 53.6 Å². The van der Waals surface area contributed by atoms with Crippen LogP contribution < -0.4 is 29.9 Å². The van der Waals surface area contributed by atoms with Crippen molar-refractivity contribution in [2.75, 3.05) is 36.4 Å². The van der Waals surface area contributed by atoms with Crippen molar-refractivity contribution in [3.05, 3.63) is 64.3 Å². The van der Waals surface area contributed by atoms with Crippen molar-refractivity contribution >= 4 is 52.6 Å². The quantitative estimate of drug-likeness (QED) is 0.385. The third-order valence-corrected chi connectivity index (χ3v) is 8.56. The Morgan fingerprint density at radius 2 is 1.90 bits per heavy atom. The molecule has 0 bridgehead atoms. The van der Waals surface area contributed by atoms with Crippen molar-refractivity contribution in [2.24, 2.45) is 5.92 Å². The minimum atomic E-state index is -0.379. The zero-order valence-electron chi connectivity index (χ0n) is 23.1. The van der Waals surface area contributed by atoms with Gasteiger partial charge in [0.15, 0.2) is 0 Å². The highest BCUT2D eigenvalue weighted by molar-refractivity contribution is 6.42. The zero-order chi connectivity index (χ0) is 29.3. The summed E-state index contributed by atoms with van der Waals surface area (Å²) in [6.07, 6.45) is 13.0. The number of nitrogens with one attached hydrogen (secondary N) is 2. The van der Waals surface area contributed by atoms with E-state index in [1.54, 1.807) is 19.3 Å². The first-order valence-electron chi connectivity index (χ1n) is 13.3. The van der Waals surface area contributed by atoms with Gasteiger partial charge in [0.1, 0.15) is 27.4 Å². The molecule has 12 heteroatoms.